The van der Waals surface area contributed by atoms with Gasteiger partial charge in [-0.2, -0.15) is 4.99 Å². The van der Waals surface area contributed by atoms with Gasteiger partial charge in [0.25, 0.3) is 0 Å². The summed E-state index contributed by atoms with van der Waals surface area (Å²) in [5, 5.41) is 3.45. The summed E-state index contributed by atoms with van der Waals surface area (Å²) < 4.78 is 6.83. The lowest BCUT2D eigenvalue weighted by Gasteiger charge is -2.10. The first-order valence-corrected chi connectivity index (χ1v) is 12.0. The molecule has 1 fully saturated rings. The van der Waals surface area contributed by atoms with E-state index in [1.165, 1.54) is 24.6 Å². The number of aromatic nitrogens is 3. The van der Waals surface area contributed by atoms with Crippen molar-refractivity contribution in [3.8, 4) is 11.8 Å². The largest absolute Gasteiger partial charge is 0.436 e. The number of carbonyl (C=O) groups is 1. The summed E-state index contributed by atoms with van der Waals surface area (Å²) >= 11 is 1.50. The van der Waals surface area contributed by atoms with E-state index < -0.39 is 6.09 Å². The van der Waals surface area contributed by atoms with Crippen molar-refractivity contribution in [2.75, 3.05) is 18.5 Å². The minimum absolute atomic E-state index is 0.0643. The third-order valence-corrected chi connectivity index (χ3v) is 5.94. The Morgan fingerprint density at radius 1 is 1.32 bits per heavy atom. The number of hydrogen-bond donors (Lipinski definition) is 3. The normalized spacial score (nSPS) is 13.3. The van der Waals surface area contributed by atoms with Gasteiger partial charge in [0, 0.05) is 42.0 Å². The molecule has 34 heavy (non-hydrogen) atoms. The molecule has 0 unspecified atom stereocenters. The zero-order valence-corrected chi connectivity index (χ0v) is 20.0. The first kappa shape index (κ1) is 23.6. The molecule has 0 radical (unpaired) electrons. The summed E-state index contributed by atoms with van der Waals surface area (Å²) in [6.45, 7) is 4.75. The van der Waals surface area contributed by atoms with Crippen LogP contribution >= 0.6 is 11.8 Å². The van der Waals surface area contributed by atoms with Gasteiger partial charge >= 0.3 is 6.09 Å². The molecule has 1 aromatic carbocycles. The van der Waals surface area contributed by atoms with E-state index >= 15 is 0 Å². The number of hydrazine groups is 1. The molecular formula is C24H27N7O2S. The predicted octanol–water partition coefficient (Wildman–Crippen LogP) is 4.40. The van der Waals surface area contributed by atoms with Crippen LogP contribution in [0, 0.1) is 17.8 Å². The van der Waals surface area contributed by atoms with Gasteiger partial charge in [-0.15, -0.1) is 5.92 Å². The fraction of sp³-hybridized carbons (Fsp3) is 0.333. The highest BCUT2D eigenvalue weighted by Gasteiger charge is 2.20. The van der Waals surface area contributed by atoms with Crippen molar-refractivity contribution in [2.45, 2.75) is 43.0 Å². The van der Waals surface area contributed by atoms with Crippen LogP contribution in [0.4, 0.5) is 16.4 Å². The van der Waals surface area contributed by atoms with Gasteiger partial charge in [-0.25, -0.2) is 20.2 Å². The van der Waals surface area contributed by atoms with Gasteiger partial charge in [0.15, 0.2) is 6.61 Å². The Morgan fingerprint density at radius 2 is 2.15 bits per heavy atom. The average molecular weight is 478 g/mol. The Morgan fingerprint density at radius 3 is 2.88 bits per heavy atom. The Bertz CT molecular complexity index is 1220. The van der Waals surface area contributed by atoms with Crippen LogP contribution < -0.4 is 16.2 Å². The van der Waals surface area contributed by atoms with Crippen molar-refractivity contribution in [1.29, 1.82) is 0 Å². The maximum atomic E-state index is 11.8. The third kappa shape index (κ3) is 6.73. The number of imidazole rings is 1. The van der Waals surface area contributed by atoms with E-state index in [2.05, 4.69) is 39.9 Å². The van der Waals surface area contributed by atoms with Crippen LogP contribution in [0.1, 0.15) is 33.1 Å². The zero-order chi connectivity index (χ0) is 23.8. The molecule has 2 aromatic heterocycles. The standard InChI is InChI=1S/C24H27N7O2S/c1-3-5-14-33-24(32)27-18-8-10-19(11-9-18)34-22-15-21-25-12-13-31(21)23(29-22)28-20(4-2)30-26-16-17-6-7-17/h8-13,15,17,26H,4,6-7,14,16H2,1-2H3,(H,27,32)(H,28,29,30). The lowest BCUT2D eigenvalue weighted by atomic mass is 10.3. The van der Waals surface area contributed by atoms with E-state index in [9.17, 15) is 4.79 Å². The van der Waals surface area contributed by atoms with Crippen LogP contribution in [0.5, 0.6) is 0 Å². The van der Waals surface area contributed by atoms with Crippen molar-refractivity contribution >= 4 is 41.0 Å². The number of nitrogens with one attached hydrogen (secondary N) is 3. The molecule has 0 spiro atoms. The minimum Gasteiger partial charge on any atom is -0.436 e. The van der Waals surface area contributed by atoms with Crippen LogP contribution in [0.15, 0.2) is 57.6 Å². The van der Waals surface area contributed by atoms with Crippen LogP contribution in [0.25, 0.3) is 5.65 Å². The molecule has 1 aliphatic carbocycles. The van der Waals surface area contributed by atoms with Crippen LogP contribution in [-0.2, 0) is 4.74 Å². The number of fused-ring (bicyclic) bond motifs is 1. The molecule has 10 heteroatoms. The van der Waals surface area contributed by atoms with Gasteiger partial charge in [-0.1, -0.05) is 24.6 Å². The second-order valence-electron chi connectivity index (χ2n) is 7.67. The molecule has 3 aromatic rings. The summed E-state index contributed by atoms with van der Waals surface area (Å²) in [7, 11) is 0. The molecule has 1 amide bonds. The molecule has 0 bridgehead atoms. The number of rotatable bonds is 9. The number of ether oxygens (including phenoxy) is 1. The smallest absolute Gasteiger partial charge is 0.412 e. The first-order chi connectivity index (χ1) is 16.6. The van der Waals surface area contributed by atoms with Gasteiger partial charge in [-0.05, 0) is 49.9 Å². The van der Waals surface area contributed by atoms with Crippen molar-refractivity contribution in [1.82, 2.24) is 25.2 Å². The average Bonchev–Trinajstić information content (AvgIpc) is 3.54. The Labute approximate surface area is 202 Å². The summed E-state index contributed by atoms with van der Waals surface area (Å²) in [6, 6.07) is 9.37. The lowest BCUT2D eigenvalue weighted by molar-refractivity contribution is 0.176. The van der Waals surface area contributed by atoms with E-state index in [0.717, 1.165) is 40.3 Å². The van der Waals surface area contributed by atoms with Gasteiger partial charge in [-0.3, -0.25) is 9.72 Å². The summed E-state index contributed by atoms with van der Waals surface area (Å²) in [5.41, 5.74) is 7.89. The highest BCUT2D eigenvalue weighted by molar-refractivity contribution is 7.99. The van der Waals surface area contributed by atoms with Crippen molar-refractivity contribution in [2.24, 2.45) is 10.9 Å². The Hall–Kier alpha value is -3.55. The maximum Gasteiger partial charge on any atom is 0.412 e. The SMILES string of the molecule is CC#CCOC(=O)Nc1ccc(Sc2cc3nccn3c(/N=C(\CC)NNCC3CC3)n2)cc1. The fourth-order valence-electron chi connectivity index (χ4n) is 3.01. The number of nitrogens with zero attached hydrogens (tertiary/aromatic N) is 4. The molecule has 2 heterocycles. The minimum atomic E-state index is -0.538. The van der Waals surface area contributed by atoms with E-state index in [-0.39, 0.29) is 6.61 Å². The van der Waals surface area contributed by atoms with Crippen LogP contribution in [0.2, 0.25) is 0 Å². The highest BCUT2D eigenvalue weighted by Crippen LogP contribution is 2.30. The van der Waals surface area contributed by atoms with Gasteiger partial charge in [0.05, 0.1) is 0 Å². The second-order valence-corrected chi connectivity index (χ2v) is 8.76. The number of carbonyl (C=O) groups excluding carboxylic acids is 1. The number of benzene rings is 1. The van der Waals surface area contributed by atoms with Gasteiger partial charge in [0.2, 0.25) is 5.95 Å². The topological polar surface area (TPSA) is 105 Å². The molecule has 176 valence electrons. The van der Waals surface area contributed by atoms with Crippen molar-refractivity contribution in [3.63, 3.8) is 0 Å². The predicted molar refractivity (Wildman–Crippen MR) is 133 cm³/mol. The monoisotopic (exact) mass is 477 g/mol. The zero-order valence-electron chi connectivity index (χ0n) is 19.2. The Kier molecular flexibility index (Phi) is 8.01. The number of hydrogen-bond acceptors (Lipinski definition) is 7. The van der Waals surface area contributed by atoms with Crippen molar-refractivity contribution < 1.29 is 9.53 Å². The number of aliphatic imine (C=N–C) groups is 1. The Balaban J connectivity index is 1.45. The fourth-order valence-corrected chi connectivity index (χ4v) is 3.81. The molecule has 1 saturated carbocycles. The highest BCUT2D eigenvalue weighted by atomic mass is 32.2. The molecule has 0 atom stereocenters. The van der Waals surface area contributed by atoms with E-state index in [0.29, 0.717) is 11.6 Å². The summed E-state index contributed by atoms with van der Waals surface area (Å²) in [5.74, 6) is 7.51. The third-order valence-electron chi connectivity index (χ3n) is 5.01. The first-order valence-electron chi connectivity index (χ1n) is 11.2. The van der Waals surface area contributed by atoms with Gasteiger partial charge < -0.3 is 10.2 Å². The maximum absolute atomic E-state index is 11.8. The molecule has 4 rings (SSSR count). The van der Waals surface area contributed by atoms with Gasteiger partial charge in [0.1, 0.15) is 16.5 Å². The molecule has 0 aliphatic heterocycles. The van der Waals surface area contributed by atoms with Crippen LogP contribution in [-0.4, -0.2) is 39.4 Å². The molecule has 9 nitrogen and oxygen atoms in total. The van der Waals surface area contributed by atoms with E-state index in [4.69, 9.17) is 14.7 Å². The van der Waals surface area contributed by atoms with E-state index in [1.807, 2.05) is 40.9 Å². The summed E-state index contributed by atoms with van der Waals surface area (Å²) in [4.78, 5) is 26.7. The van der Waals surface area contributed by atoms with Crippen molar-refractivity contribution in [3.05, 3.63) is 42.7 Å². The molecule has 1 aliphatic rings. The molecule has 0 saturated heterocycles. The molecule has 3 N–H and O–H groups in total. The quantitative estimate of drug-likeness (QED) is 0.138. The van der Waals surface area contributed by atoms with Crippen LogP contribution in [0.3, 0.4) is 0 Å². The summed E-state index contributed by atoms with van der Waals surface area (Å²) in [6.07, 6.45) is 6.38. The molecular weight excluding hydrogens is 450 g/mol. The second kappa shape index (κ2) is 11.5. The number of anilines is 1. The number of amides is 1. The lowest BCUT2D eigenvalue weighted by Crippen LogP contribution is -2.38. The number of amidine groups is 1. The van der Waals surface area contributed by atoms with E-state index in [1.54, 1.807) is 13.1 Å².